The van der Waals surface area contributed by atoms with Gasteiger partial charge in [0.25, 0.3) is 0 Å². The van der Waals surface area contributed by atoms with E-state index in [1.54, 1.807) is 0 Å². The van der Waals surface area contributed by atoms with Gasteiger partial charge in [-0.1, -0.05) is 22.0 Å². The summed E-state index contributed by atoms with van der Waals surface area (Å²) in [6.45, 7) is 0.715. The van der Waals surface area contributed by atoms with Crippen molar-refractivity contribution < 1.29 is 9.53 Å². The van der Waals surface area contributed by atoms with Gasteiger partial charge in [0.1, 0.15) is 5.75 Å². The second kappa shape index (κ2) is 5.96. The minimum Gasteiger partial charge on any atom is -0.494 e. The van der Waals surface area contributed by atoms with Crippen LogP contribution in [0.4, 0.5) is 5.69 Å². The number of fused-ring (bicyclic) bond motifs is 1. The van der Waals surface area contributed by atoms with Crippen molar-refractivity contribution in [1.82, 2.24) is 0 Å². The second-order valence-corrected chi connectivity index (χ2v) is 4.73. The van der Waals surface area contributed by atoms with Gasteiger partial charge in [-0.05, 0) is 24.5 Å². The van der Waals surface area contributed by atoms with E-state index in [0.29, 0.717) is 13.0 Å². The van der Waals surface area contributed by atoms with Crippen LogP contribution in [-0.4, -0.2) is 23.9 Å². The Bertz CT molecular complexity index is 443. The van der Waals surface area contributed by atoms with Gasteiger partial charge in [0.05, 0.1) is 18.5 Å². The van der Waals surface area contributed by atoms with E-state index in [1.165, 1.54) is 6.21 Å². The minimum absolute atomic E-state index is 0.0588. The summed E-state index contributed by atoms with van der Waals surface area (Å²) in [6, 6.07) is 5.72. The molecule has 1 aromatic carbocycles. The molecule has 1 aliphatic rings. The molecule has 0 amide bonds. The number of hydrogen-bond acceptors (Lipinski definition) is 3. The minimum atomic E-state index is 0.0588. The molecular weight excluding hydrogens is 282 g/mol. The fraction of sp³-hybridized carbons (Fsp3) is 0.385. The molecule has 4 heteroatoms. The predicted molar refractivity (Wildman–Crippen MR) is 71.8 cm³/mol. The Hall–Kier alpha value is -1.16. The van der Waals surface area contributed by atoms with Crippen LogP contribution in [0, 0.1) is 0 Å². The van der Waals surface area contributed by atoms with Crippen LogP contribution in [0.5, 0.6) is 5.75 Å². The lowest BCUT2D eigenvalue weighted by Crippen LogP contribution is -2.08. The average Bonchev–Trinajstić information content (AvgIpc) is 2.35. The Morgan fingerprint density at radius 3 is 3.06 bits per heavy atom. The van der Waals surface area contributed by atoms with Crippen LogP contribution in [0.15, 0.2) is 23.2 Å². The lowest BCUT2D eigenvalue weighted by atomic mass is 10.0. The van der Waals surface area contributed by atoms with E-state index in [9.17, 15) is 4.79 Å². The number of Topliss-reactive ketones (excluding diaryl/α,β-unsaturated/α-hetero) is 1. The molecule has 0 atom stereocenters. The smallest absolute Gasteiger partial charge is 0.178 e. The first-order valence-electron chi connectivity index (χ1n) is 5.68. The van der Waals surface area contributed by atoms with Crippen LogP contribution in [0.1, 0.15) is 18.4 Å². The number of hydrogen-bond donors (Lipinski definition) is 0. The number of nitrogens with zero attached hydrogens (tertiary/aromatic N) is 1. The molecule has 0 unspecified atom stereocenters. The summed E-state index contributed by atoms with van der Waals surface area (Å²) < 4.78 is 5.62. The van der Waals surface area contributed by atoms with Gasteiger partial charge >= 0.3 is 0 Å². The van der Waals surface area contributed by atoms with E-state index in [1.807, 2.05) is 18.2 Å². The zero-order chi connectivity index (χ0) is 12.1. The number of aliphatic imine (C=N–C) groups is 1. The standard InChI is InChI=1S/C13H14BrNO2/c14-5-1-2-6-17-12-4-3-10-7-11(16)9-15-13(10)8-12/h3-4,8-9H,1-2,5-7H2. The average molecular weight is 296 g/mol. The zero-order valence-corrected chi connectivity index (χ0v) is 11.1. The summed E-state index contributed by atoms with van der Waals surface area (Å²) in [6.07, 6.45) is 3.97. The molecule has 0 aromatic heterocycles. The number of unbranched alkanes of at least 4 members (excludes halogenated alkanes) is 1. The van der Waals surface area contributed by atoms with Gasteiger partial charge in [0, 0.05) is 17.8 Å². The molecule has 90 valence electrons. The largest absolute Gasteiger partial charge is 0.494 e. The summed E-state index contributed by atoms with van der Waals surface area (Å²) in [5.74, 6) is 0.883. The monoisotopic (exact) mass is 295 g/mol. The third kappa shape index (κ3) is 3.40. The number of carbonyl (C=O) groups excluding carboxylic acids is 1. The second-order valence-electron chi connectivity index (χ2n) is 3.94. The highest BCUT2D eigenvalue weighted by molar-refractivity contribution is 9.09. The van der Waals surface area contributed by atoms with Gasteiger partial charge in [-0.25, -0.2) is 0 Å². The Balaban J connectivity index is 1.98. The number of ether oxygens (including phenoxy) is 1. The summed E-state index contributed by atoms with van der Waals surface area (Å²) >= 11 is 3.38. The highest BCUT2D eigenvalue weighted by Gasteiger charge is 2.12. The van der Waals surface area contributed by atoms with Gasteiger partial charge in [-0.15, -0.1) is 0 Å². The Morgan fingerprint density at radius 1 is 1.35 bits per heavy atom. The first kappa shape index (κ1) is 12.3. The Morgan fingerprint density at radius 2 is 2.24 bits per heavy atom. The highest BCUT2D eigenvalue weighted by atomic mass is 79.9. The quantitative estimate of drug-likeness (QED) is 0.618. The van der Waals surface area contributed by atoms with Crippen molar-refractivity contribution in [3.05, 3.63) is 23.8 Å². The topological polar surface area (TPSA) is 38.7 Å². The molecule has 1 aliphatic heterocycles. The fourth-order valence-corrected chi connectivity index (χ4v) is 2.06. The van der Waals surface area contributed by atoms with E-state index in [-0.39, 0.29) is 5.78 Å². The first-order chi connectivity index (χ1) is 8.29. The number of halogens is 1. The number of rotatable bonds is 5. The molecule has 0 N–H and O–H groups in total. The van der Waals surface area contributed by atoms with Crippen LogP contribution in [0.2, 0.25) is 0 Å². The molecule has 2 rings (SSSR count). The van der Waals surface area contributed by atoms with Crippen molar-refractivity contribution in [3.8, 4) is 5.75 Å². The third-order valence-corrected chi connectivity index (χ3v) is 3.13. The maximum Gasteiger partial charge on any atom is 0.178 e. The third-order valence-electron chi connectivity index (χ3n) is 2.57. The SMILES string of the molecule is O=C1C=Nc2cc(OCCCCBr)ccc2C1. The van der Waals surface area contributed by atoms with Crippen LogP contribution in [0.3, 0.4) is 0 Å². The zero-order valence-electron chi connectivity index (χ0n) is 9.49. The van der Waals surface area contributed by atoms with E-state index in [0.717, 1.165) is 35.2 Å². The molecule has 0 spiro atoms. The lowest BCUT2D eigenvalue weighted by molar-refractivity contribution is -0.112. The van der Waals surface area contributed by atoms with Gasteiger partial charge in [0.15, 0.2) is 5.78 Å². The summed E-state index contributed by atoms with van der Waals surface area (Å²) in [5.41, 5.74) is 1.83. The van der Waals surface area contributed by atoms with Crippen molar-refractivity contribution in [3.63, 3.8) is 0 Å². The van der Waals surface area contributed by atoms with Crippen molar-refractivity contribution in [2.75, 3.05) is 11.9 Å². The maximum atomic E-state index is 11.2. The summed E-state index contributed by atoms with van der Waals surface area (Å²) in [4.78, 5) is 15.3. The number of carbonyl (C=O) groups is 1. The fourth-order valence-electron chi connectivity index (χ4n) is 1.66. The van der Waals surface area contributed by atoms with Gasteiger partial charge in [0.2, 0.25) is 0 Å². The van der Waals surface area contributed by atoms with E-state index >= 15 is 0 Å². The van der Waals surface area contributed by atoms with Gasteiger partial charge in [-0.2, -0.15) is 0 Å². The molecule has 0 fully saturated rings. The number of ketones is 1. The molecule has 0 aliphatic carbocycles. The van der Waals surface area contributed by atoms with Crippen molar-refractivity contribution >= 4 is 33.6 Å². The normalized spacial score (nSPS) is 13.6. The lowest BCUT2D eigenvalue weighted by Gasteiger charge is -2.11. The molecular formula is C13H14BrNO2. The van der Waals surface area contributed by atoms with Crippen LogP contribution in [-0.2, 0) is 11.2 Å². The van der Waals surface area contributed by atoms with Gasteiger partial charge in [-0.3, -0.25) is 9.79 Å². The molecule has 0 saturated heterocycles. The summed E-state index contributed by atoms with van der Waals surface area (Å²) in [5, 5.41) is 1.01. The van der Waals surface area contributed by atoms with Crippen molar-refractivity contribution in [2.24, 2.45) is 4.99 Å². The van der Waals surface area contributed by atoms with Crippen LogP contribution in [0.25, 0.3) is 0 Å². The molecule has 0 bridgehead atoms. The van der Waals surface area contributed by atoms with E-state index in [2.05, 4.69) is 20.9 Å². The predicted octanol–water partition coefficient (Wildman–Crippen LogP) is 3.07. The Kier molecular flexibility index (Phi) is 4.31. The van der Waals surface area contributed by atoms with Crippen molar-refractivity contribution in [1.29, 1.82) is 0 Å². The van der Waals surface area contributed by atoms with E-state index in [4.69, 9.17) is 4.74 Å². The van der Waals surface area contributed by atoms with Crippen molar-refractivity contribution in [2.45, 2.75) is 19.3 Å². The maximum absolute atomic E-state index is 11.2. The van der Waals surface area contributed by atoms with Crippen LogP contribution < -0.4 is 4.74 Å². The number of alkyl halides is 1. The molecule has 0 radical (unpaired) electrons. The Labute approximate surface area is 109 Å². The van der Waals surface area contributed by atoms with E-state index < -0.39 is 0 Å². The summed E-state index contributed by atoms with van der Waals surface area (Å²) in [7, 11) is 0. The number of benzene rings is 1. The highest BCUT2D eigenvalue weighted by Crippen LogP contribution is 2.27. The molecule has 3 nitrogen and oxygen atoms in total. The molecule has 0 saturated carbocycles. The molecule has 1 heterocycles. The molecule has 17 heavy (non-hydrogen) atoms. The molecule has 1 aromatic rings. The van der Waals surface area contributed by atoms with Crippen LogP contribution >= 0.6 is 15.9 Å². The van der Waals surface area contributed by atoms with Gasteiger partial charge < -0.3 is 4.74 Å². The first-order valence-corrected chi connectivity index (χ1v) is 6.80.